The number of benzene rings is 1. The van der Waals surface area contributed by atoms with Crippen LogP contribution < -0.4 is 15.4 Å². The van der Waals surface area contributed by atoms with E-state index in [2.05, 4.69) is 21.2 Å². The zero-order valence-corrected chi connectivity index (χ0v) is 16.8. The second-order valence-corrected chi connectivity index (χ2v) is 7.88. The molecule has 2 N–H and O–H groups in total. The number of nitrogens with zero attached hydrogens (tertiary/aromatic N) is 4. The van der Waals surface area contributed by atoms with Crippen molar-refractivity contribution in [1.82, 2.24) is 14.8 Å². The van der Waals surface area contributed by atoms with Gasteiger partial charge in [-0.25, -0.2) is 0 Å². The molecule has 1 saturated heterocycles. The van der Waals surface area contributed by atoms with Gasteiger partial charge < -0.3 is 24.7 Å². The summed E-state index contributed by atoms with van der Waals surface area (Å²) in [7, 11) is 0. The molecule has 1 fully saturated rings. The van der Waals surface area contributed by atoms with Crippen LogP contribution in [0.2, 0.25) is 0 Å². The number of carbonyl (C=O) groups is 1. The SMILES string of the molecule is NC(=O)Cn1ccc2c(OC3CCN(c4cc5c(nn4)CCOC5)CC3)cccc21. The van der Waals surface area contributed by atoms with Crippen LogP contribution in [-0.4, -0.2) is 46.5 Å². The summed E-state index contributed by atoms with van der Waals surface area (Å²) in [6.45, 7) is 3.26. The third kappa shape index (κ3) is 3.70. The summed E-state index contributed by atoms with van der Waals surface area (Å²) in [5, 5.41) is 9.83. The Balaban J connectivity index is 1.25. The van der Waals surface area contributed by atoms with Gasteiger partial charge in [0.05, 0.1) is 24.4 Å². The zero-order chi connectivity index (χ0) is 20.5. The molecule has 1 amide bonds. The van der Waals surface area contributed by atoms with E-state index < -0.39 is 0 Å². The molecule has 30 heavy (non-hydrogen) atoms. The molecule has 0 atom stereocenters. The molecule has 4 heterocycles. The van der Waals surface area contributed by atoms with Crippen molar-refractivity contribution < 1.29 is 14.3 Å². The molecule has 0 radical (unpaired) electrons. The van der Waals surface area contributed by atoms with Crippen LogP contribution >= 0.6 is 0 Å². The summed E-state index contributed by atoms with van der Waals surface area (Å²) in [5.41, 5.74) is 8.51. The number of anilines is 1. The summed E-state index contributed by atoms with van der Waals surface area (Å²) >= 11 is 0. The molecule has 2 aliphatic heterocycles. The van der Waals surface area contributed by atoms with Gasteiger partial charge in [0.15, 0.2) is 5.82 Å². The molecule has 0 aliphatic carbocycles. The van der Waals surface area contributed by atoms with Gasteiger partial charge in [-0.15, -0.1) is 5.10 Å². The van der Waals surface area contributed by atoms with Gasteiger partial charge in [0.25, 0.3) is 0 Å². The fourth-order valence-electron chi connectivity index (χ4n) is 4.27. The minimum atomic E-state index is -0.358. The van der Waals surface area contributed by atoms with Crippen molar-refractivity contribution in [3.8, 4) is 5.75 Å². The second kappa shape index (κ2) is 7.95. The minimum Gasteiger partial charge on any atom is -0.490 e. The summed E-state index contributed by atoms with van der Waals surface area (Å²) in [6.07, 6.45) is 4.68. The molecule has 1 aromatic carbocycles. The topological polar surface area (TPSA) is 95.5 Å². The van der Waals surface area contributed by atoms with Crippen molar-refractivity contribution in [2.24, 2.45) is 5.73 Å². The first-order valence-corrected chi connectivity index (χ1v) is 10.4. The van der Waals surface area contributed by atoms with E-state index >= 15 is 0 Å². The Bertz CT molecular complexity index is 1070. The van der Waals surface area contributed by atoms with E-state index in [0.29, 0.717) is 6.61 Å². The Kier molecular flexibility index (Phi) is 5.00. The van der Waals surface area contributed by atoms with E-state index in [4.69, 9.17) is 15.2 Å². The van der Waals surface area contributed by atoms with Gasteiger partial charge >= 0.3 is 0 Å². The van der Waals surface area contributed by atoms with E-state index in [-0.39, 0.29) is 18.6 Å². The fourth-order valence-corrected chi connectivity index (χ4v) is 4.27. The van der Waals surface area contributed by atoms with Crippen molar-refractivity contribution >= 4 is 22.6 Å². The second-order valence-electron chi connectivity index (χ2n) is 7.88. The maximum Gasteiger partial charge on any atom is 0.237 e. The number of primary amides is 1. The maximum atomic E-state index is 11.3. The van der Waals surface area contributed by atoms with Gasteiger partial charge in [-0.05, 0) is 24.3 Å². The molecule has 0 unspecified atom stereocenters. The standard InChI is InChI=1S/C22H25N5O3/c23-21(28)13-27-10-6-17-19(27)2-1-3-20(17)30-16-4-8-26(9-5-16)22-12-15-14-29-11-7-18(15)24-25-22/h1-3,6,10,12,16H,4-5,7-9,11,13-14H2,(H2,23,28). The van der Waals surface area contributed by atoms with Gasteiger partial charge in [-0.1, -0.05) is 6.07 Å². The van der Waals surface area contributed by atoms with Crippen molar-refractivity contribution in [1.29, 1.82) is 0 Å². The summed E-state index contributed by atoms with van der Waals surface area (Å²) < 4.78 is 13.7. The van der Waals surface area contributed by atoms with Gasteiger partial charge in [0.2, 0.25) is 5.91 Å². The lowest BCUT2D eigenvalue weighted by Crippen LogP contribution is -2.39. The predicted molar refractivity (Wildman–Crippen MR) is 112 cm³/mol. The van der Waals surface area contributed by atoms with Crippen molar-refractivity contribution in [3.05, 3.63) is 47.8 Å². The number of carbonyl (C=O) groups excluding carboxylic acids is 1. The first-order chi connectivity index (χ1) is 14.7. The highest BCUT2D eigenvalue weighted by molar-refractivity contribution is 5.87. The normalized spacial score (nSPS) is 17.1. The Morgan fingerprint density at radius 2 is 2.10 bits per heavy atom. The molecule has 2 aromatic heterocycles. The van der Waals surface area contributed by atoms with Crippen LogP contribution in [0.25, 0.3) is 10.9 Å². The van der Waals surface area contributed by atoms with Crippen molar-refractivity contribution in [2.75, 3.05) is 24.6 Å². The third-order valence-electron chi connectivity index (χ3n) is 5.85. The van der Waals surface area contributed by atoms with Crippen LogP contribution in [0, 0.1) is 0 Å². The van der Waals surface area contributed by atoms with Crippen molar-refractivity contribution in [2.45, 2.75) is 38.5 Å². The number of rotatable bonds is 5. The number of hydrogen-bond donors (Lipinski definition) is 1. The smallest absolute Gasteiger partial charge is 0.237 e. The van der Waals surface area contributed by atoms with E-state index in [1.54, 1.807) is 0 Å². The van der Waals surface area contributed by atoms with E-state index in [1.165, 1.54) is 0 Å². The Labute approximate surface area is 174 Å². The molecule has 3 aromatic rings. The number of fused-ring (bicyclic) bond motifs is 2. The van der Waals surface area contributed by atoms with Crippen LogP contribution in [-0.2, 0) is 29.1 Å². The van der Waals surface area contributed by atoms with E-state index in [0.717, 1.165) is 72.7 Å². The largest absolute Gasteiger partial charge is 0.490 e. The van der Waals surface area contributed by atoms with Crippen LogP contribution in [0.15, 0.2) is 36.5 Å². The Morgan fingerprint density at radius 1 is 1.23 bits per heavy atom. The molecule has 156 valence electrons. The number of ether oxygens (including phenoxy) is 2. The highest BCUT2D eigenvalue weighted by Gasteiger charge is 2.24. The zero-order valence-electron chi connectivity index (χ0n) is 16.8. The summed E-state index contributed by atoms with van der Waals surface area (Å²) in [6, 6.07) is 10.0. The first kappa shape index (κ1) is 18.9. The number of amides is 1. The highest BCUT2D eigenvalue weighted by Crippen LogP contribution is 2.30. The summed E-state index contributed by atoms with van der Waals surface area (Å²) in [5.74, 6) is 1.41. The number of nitrogens with two attached hydrogens (primary N) is 1. The molecular formula is C22H25N5O3. The van der Waals surface area contributed by atoms with Gasteiger partial charge in [-0.3, -0.25) is 4.79 Å². The Hall–Kier alpha value is -3.13. The molecule has 0 bridgehead atoms. The average Bonchev–Trinajstić information content (AvgIpc) is 3.17. The molecule has 2 aliphatic rings. The van der Waals surface area contributed by atoms with Crippen LogP contribution in [0.4, 0.5) is 5.82 Å². The van der Waals surface area contributed by atoms with E-state index in [9.17, 15) is 4.79 Å². The van der Waals surface area contributed by atoms with E-state index in [1.807, 2.05) is 35.0 Å². The third-order valence-corrected chi connectivity index (χ3v) is 5.85. The fraction of sp³-hybridized carbons (Fsp3) is 0.409. The maximum absolute atomic E-state index is 11.3. The molecule has 0 saturated carbocycles. The van der Waals surface area contributed by atoms with Crippen molar-refractivity contribution in [3.63, 3.8) is 0 Å². The molecule has 5 rings (SSSR count). The van der Waals surface area contributed by atoms with Gasteiger partial charge in [0, 0.05) is 49.5 Å². The summed E-state index contributed by atoms with van der Waals surface area (Å²) in [4.78, 5) is 13.6. The quantitative estimate of drug-likeness (QED) is 0.695. The number of hydrogen-bond acceptors (Lipinski definition) is 6. The highest BCUT2D eigenvalue weighted by atomic mass is 16.5. The molecule has 8 nitrogen and oxygen atoms in total. The lowest BCUT2D eigenvalue weighted by molar-refractivity contribution is -0.118. The Morgan fingerprint density at radius 3 is 2.93 bits per heavy atom. The lowest BCUT2D eigenvalue weighted by Gasteiger charge is -2.33. The van der Waals surface area contributed by atoms with Crippen LogP contribution in [0.5, 0.6) is 5.75 Å². The van der Waals surface area contributed by atoms with Crippen LogP contribution in [0.1, 0.15) is 24.1 Å². The van der Waals surface area contributed by atoms with Gasteiger partial charge in [0.1, 0.15) is 18.4 Å². The first-order valence-electron chi connectivity index (χ1n) is 10.4. The number of aromatic nitrogens is 3. The van der Waals surface area contributed by atoms with Gasteiger partial charge in [-0.2, -0.15) is 5.10 Å². The minimum absolute atomic E-state index is 0.139. The predicted octanol–water partition coefficient (Wildman–Crippen LogP) is 2.04. The lowest BCUT2D eigenvalue weighted by atomic mass is 10.1. The van der Waals surface area contributed by atoms with Crippen LogP contribution in [0.3, 0.4) is 0 Å². The molecular weight excluding hydrogens is 382 g/mol. The average molecular weight is 407 g/mol. The number of piperidine rings is 1. The molecule has 0 spiro atoms. The monoisotopic (exact) mass is 407 g/mol. The molecule has 8 heteroatoms.